The fourth-order valence-corrected chi connectivity index (χ4v) is 0.944. The molecule has 0 fully saturated rings. The van der Waals surface area contributed by atoms with Gasteiger partial charge in [0.05, 0.1) is 12.2 Å². The van der Waals surface area contributed by atoms with Crippen molar-refractivity contribution in [3.8, 4) is 17.2 Å². The molecule has 82 valence electrons. The maximum absolute atomic E-state index is 11.2. The van der Waals surface area contributed by atoms with E-state index in [4.69, 9.17) is 20.4 Å². The molecule has 0 atom stereocenters. The Hall–Kier alpha value is -1.95. The maximum atomic E-state index is 11.2. The second kappa shape index (κ2) is 4.52. The van der Waals surface area contributed by atoms with Gasteiger partial charge in [-0.3, -0.25) is 0 Å². The maximum Gasteiger partial charge on any atom is 0.338 e. The van der Waals surface area contributed by atoms with Crippen LogP contribution in [0.25, 0.3) is 0 Å². The smallest absolute Gasteiger partial charge is 0.338 e. The highest BCUT2D eigenvalue weighted by atomic mass is 16.5. The highest BCUT2D eigenvalue weighted by Gasteiger charge is 2.14. The summed E-state index contributed by atoms with van der Waals surface area (Å²) in [5.74, 6) is -2.75. The largest absolute Gasteiger partial charge is 0.504 e. The van der Waals surface area contributed by atoms with Crippen molar-refractivity contribution in [3.05, 3.63) is 17.7 Å². The standard InChI is InChI=1S/C9H10O6/c10-1-2-15-9(14)5-3-6(11)8(13)7(12)4-5/h3-4,10-13H,1-2H2. The number of phenols is 3. The van der Waals surface area contributed by atoms with Gasteiger partial charge in [-0.25, -0.2) is 4.79 Å². The predicted molar refractivity (Wildman–Crippen MR) is 48.8 cm³/mol. The Morgan fingerprint density at radius 2 is 1.73 bits per heavy atom. The quantitative estimate of drug-likeness (QED) is 0.415. The van der Waals surface area contributed by atoms with Crippen molar-refractivity contribution >= 4 is 5.97 Å². The molecule has 0 spiro atoms. The SMILES string of the molecule is O=C(OCCO)c1cc(O)c(O)c(O)c1. The summed E-state index contributed by atoms with van der Waals surface area (Å²) in [6.07, 6.45) is 0. The molecule has 0 aliphatic carbocycles. The van der Waals surface area contributed by atoms with Crippen LogP contribution >= 0.6 is 0 Å². The van der Waals surface area contributed by atoms with Crippen LogP contribution in [0.3, 0.4) is 0 Å². The lowest BCUT2D eigenvalue weighted by Gasteiger charge is -2.05. The first-order valence-corrected chi connectivity index (χ1v) is 4.09. The molecule has 0 aromatic heterocycles. The highest BCUT2D eigenvalue weighted by Crippen LogP contribution is 2.35. The molecule has 0 aliphatic heterocycles. The van der Waals surface area contributed by atoms with E-state index >= 15 is 0 Å². The predicted octanol–water partition coefficient (Wildman–Crippen LogP) is -0.0475. The average Bonchev–Trinajstić information content (AvgIpc) is 2.21. The van der Waals surface area contributed by atoms with Gasteiger partial charge in [-0.2, -0.15) is 0 Å². The Kier molecular flexibility index (Phi) is 3.35. The first-order valence-electron chi connectivity index (χ1n) is 4.09. The molecule has 1 rings (SSSR count). The number of ether oxygens (including phenoxy) is 1. The van der Waals surface area contributed by atoms with Crippen molar-refractivity contribution in [1.82, 2.24) is 0 Å². The van der Waals surface area contributed by atoms with E-state index in [-0.39, 0.29) is 18.8 Å². The summed E-state index contributed by atoms with van der Waals surface area (Å²) >= 11 is 0. The molecule has 0 bridgehead atoms. The van der Waals surface area contributed by atoms with Crippen LogP contribution in [-0.2, 0) is 4.74 Å². The van der Waals surface area contributed by atoms with Crippen LogP contribution in [0.2, 0.25) is 0 Å². The number of rotatable bonds is 3. The number of carbonyl (C=O) groups excluding carboxylic acids is 1. The molecule has 0 heterocycles. The molecule has 0 unspecified atom stereocenters. The van der Waals surface area contributed by atoms with Crippen molar-refractivity contribution < 1.29 is 30.0 Å². The summed E-state index contributed by atoms with van der Waals surface area (Å²) < 4.78 is 4.53. The van der Waals surface area contributed by atoms with Crippen molar-refractivity contribution in [2.45, 2.75) is 0 Å². The molecule has 1 aromatic carbocycles. The Balaban J connectivity index is 2.91. The number of hydrogen-bond donors (Lipinski definition) is 4. The summed E-state index contributed by atoms with van der Waals surface area (Å²) in [7, 11) is 0. The van der Waals surface area contributed by atoms with Crippen LogP contribution in [0, 0.1) is 0 Å². The fourth-order valence-electron chi connectivity index (χ4n) is 0.944. The lowest BCUT2D eigenvalue weighted by molar-refractivity contribution is 0.0433. The van der Waals surface area contributed by atoms with Gasteiger partial charge in [-0.15, -0.1) is 0 Å². The van der Waals surface area contributed by atoms with E-state index in [1.54, 1.807) is 0 Å². The normalized spacial score (nSPS) is 9.93. The zero-order valence-electron chi connectivity index (χ0n) is 7.67. The highest BCUT2D eigenvalue weighted by molar-refractivity contribution is 5.91. The molecule has 6 heteroatoms. The molecule has 0 radical (unpaired) electrons. The van der Waals surface area contributed by atoms with Crippen LogP contribution in [0.1, 0.15) is 10.4 Å². The van der Waals surface area contributed by atoms with Crippen LogP contribution < -0.4 is 0 Å². The number of aromatic hydroxyl groups is 3. The lowest BCUT2D eigenvalue weighted by Crippen LogP contribution is -2.08. The Labute approximate surface area is 85.0 Å². The first kappa shape index (κ1) is 11.1. The van der Waals surface area contributed by atoms with E-state index in [9.17, 15) is 4.79 Å². The summed E-state index contributed by atoms with van der Waals surface area (Å²) in [4.78, 5) is 11.2. The summed E-state index contributed by atoms with van der Waals surface area (Å²) in [6.45, 7) is -0.497. The van der Waals surface area contributed by atoms with Crippen molar-refractivity contribution in [2.24, 2.45) is 0 Å². The molecule has 15 heavy (non-hydrogen) atoms. The number of esters is 1. The molecule has 0 aliphatic rings. The van der Waals surface area contributed by atoms with Gasteiger partial charge in [0.2, 0.25) is 0 Å². The Morgan fingerprint density at radius 1 is 1.20 bits per heavy atom. The van der Waals surface area contributed by atoms with Crippen LogP contribution in [-0.4, -0.2) is 39.6 Å². The van der Waals surface area contributed by atoms with E-state index in [0.29, 0.717) is 0 Å². The first-order chi connectivity index (χ1) is 7.06. The average molecular weight is 214 g/mol. The number of hydrogen-bond acceptors (Lipinski definition) is 6. The van der Waals surface area contributed by atoms with E-state index in [2.05, 4.69) is 4.74 Å². The number of benzene rings is 1. The monoisotopic (exact) mass is 214 g/mol. The third kappa shape index (κ3) is 2.50. The fraction of sp³-hybridized carbons (Fsp3) is 0.222. The second-order valence-corrected chi connectivity index (χ2v) is 2.72. The van der Waals surface area contributed by atoms with Gasteiger partial charge in [0.15, 0.2) is 17.2 Å². The topological polar surface area (TPSA) is 107 Å². The third-order valence-corrected chi connectivity index (χ3v) is 1.63. The van der Waals surface area contributed by atoms with Gasteiger partial charge < -0.3 is 25.2 Å². The van der Waals surface area contributed by atoms with E-state index in [1.165, 1.54) is 0 Å². The van der Waals surface area contributed by atoms with Crippen LogP contribution in [0.15, 0.2) is 12.1 Å². The number of aliphatic hydroxyl groups is 1. The molecule has 0 saturated carbocycles. The number of carbonyl (C=O) groups is 1. The number of phenolic OH excluding ortho intramolecular Hbond substituents is 3. The Morgan fingerprint density at radius 3 is 2.20 bits per heavy atom. The molecular weight excluding hydrogens is 204 g/mol. The minimum absolute atomic E-state index is 0.115. The Bertz CT molecular complexity index is 350. The molecule has 1 aromatic rings. The number of aliphatic hydroxyl groups excluding tert-OH is 1. The zero-order chi connectivity index (χ0) is 11.4. The molecular formula is C9H10O6. The van der Waals surface area contributed by atoms with Crippen LogP contribution in [0.5, 0.6) is 17.2 Å². The molecule has 0 saturated heterocycles. The third-order valence-electron chi connectivity index (χ3n) is 1.63. The van der Waals surface area contributed by atoms with Crippen molar-refractivity contribution in [3.63, 3.8) is 0 Å². The van der Waals surface area contributed by atoms with E-state index in [1.807, 2.05) is 0 Å². The van der Waals surface area contributed by atoms with E-state index in [0.717, 1.165) is 12.1 Å². The van der Waals surface area contributed by atoms with Gasteiger partial charge in [-0.1, -0.05) is 0 Å². The second-order valence-electron chi connectivity index (χ2n) is 2.72. The van der Waals surface area contributed by atoms with Gasteiger partial charge in [-0.05, 0) is 12.1 Å². The summed E-state index contributed by atoms with van der Waals surface area (Å²) in [6, 6.07) is 1.91. The summed E-state index contributed by atoms with van der Waals surface area (Å²) in [5.41, 5.74) is -0.115. The molecule has 4 N–H and O–H groups in total. The van der Waals surface area contributed by atoms with Crippen molar-refractivity contribution in [1.29, 1.82) is 0 Å². The van der Waals surface area contributed by atoms with Gasteiger partial charge in [0.25, 0.3) is 0 Å². The van der Waals surface area contributed by atoms with Gasteiger partial charge in [0, 0.05) is 0 Å². The molecule has 0 amide bonds. The van der Waals surface area contributed by atoms with Crippen LogP contribution in [0.4, 0.5) is 0 Å². The minimum atomic E-state index is -0.811. The van der Waals surface area contributed by atoms with E-state index < -0.39 is 23.2 Å². The lowest BCUT2D eigenvalue weighted by atomic mass is 10.2. The van der Waals surface area contributed by atoms with Gasteiger partial charge >= 0.3 is 5.97 Å². The zero-order valence-corrected chi connectivity index (χ0v) is 7.67. The van der Waals surface area contributed by atoms with Gasteiger partial charge in [0.1, 0.15) is 6.61 Å². The summed E-state index contributed by atoms with van der Waals surface area (Å²) in [5, 5.41) is 35.6. The minimum Gasteiger partial charge on any atom is -0.504 e. The molecule has 6 nitrogen and oxygen atoms in total. The van der Waals surface area contributed by atoms with Crippen molar-refractivity contribution in [2.75, 3.05) is 13.2 Å².